The lowest BCUT2D eigenvalue weighted by Gasteiger charge is -2.22. The summed E-state index contributed by atoms with van der Waals surface area (Å²) < 4.78 is 41.5. The largest absolute Gasteiger partial charge is 0.481 e. The maximum Gasteiger partial charge on any atom is 0.416 e. The zero-order chi connectivity index (χ0) is 29.2. The molecule has 3 aromatic carbocycles. The number of aryl methyl sites for hydroxylation is 2. The van der Waals surface area contributed by atoms with E-state index in [1.54, 1.807) is 25.3 Å². The smallest absolute Gasteiger partial charge is 0.416 e. The number of fused-ring (bicyclic) bond motifs is 1. The number of hydrogen-bond acceptors (Lipinski definition) is 3. The molecule has 6 nitrogen and oxygen atoms in total. The fourth-order valence-electron chi connectivity index (χ4n) is 4.94. The number of amides is 1. The minimum atomic E-state index is -4.39. The van der Waals surface area contributed by atoms with Gasteiger partial charge in [0.25, 0.3) is 5.91 Å². The van der Waals surface area contributed by atoms with Gasteiger partial charge in [0.2, 0.25) is 0 Å². The van der Waals surface area contributed by atoms with E-state index >= 15 is 0 Å². The van der Waals surface area contributed by atoms with Crippen molar-refractivity contribution in [3.8, 4) is 11.1 Å². The number of carboxylic acids is 1. The van der Waals surface area contributed by atoms with Crippen LogP contribution >= 0.6 is 0 Å². The monoisotopic (exact) mass is 551 g/mol. The molecule has 0 aliphatic carbocycles. The van der Waals surface area contributed by atoms with Crippen molar-refractivity contribution in [2.24, 2.45) is 5.92 Å². The van der Waals surface area contributed by atoms with Crippen molar-refractivity contribution in [3.63, 3.8) is 0 Å². The average molecular weight is 552 g/mol. The van der Waals surface area contributed by atoms with Gasteiger partial charge >= 0.3 is 12.1 Å². The molecule has 2 N–H and O–H groups in total. The Hall–Kier alpha value is -4.14. The molecule has 4 rings (SSSR count). The molecule has 40 heavy (non-hydrogen) atoms. The second-order valence-electron chi connectivity index (χ2n) is 10.5. The van der Waals surface area contributed by atoms with Crippen LogP contribution in [0, 0.1) is 19.8 Å². The minimum Gasteiger partial charge on any atom is -0.481 e. The summed E-state index contributed by atoms with van der Waals surface area (Å²) in [6, 6.07) is 14.9. The molecule has 0 radical (unpaired) electrons. The van der Waals surface area contributed by atoms with Gasteiger partial charge in [0.15, 0.2) is 0 Å². The Morgan fingerprint density at radius 2 is 1.65 bits per heavy atom. The Morgan fingerprint density at radius 1 is 0.975 bits per heavy atom. The van der Waals surface area contributed by atoms with E-state index < -0.39 is 17.7 Å². The molecule has 1 heterocycles. The van der Waals surface area contributed by atoms with E-state index in [-0.39, 0.29) is 24.9 Å². The third kappa shape index (κ3) is 6.35. The van der Waals surface area contributed by atoms with Crippen molar-refractivity contribution in [1.82, 2.24) is 15.1 Å². The van der Waals surface area contributed by atoms with E-state index in [0.29, 0.717) is 17.0 Å². The van der Waals surface area contributed by atoms with Crippen LogP contribution in [0.15, 0.2) is 60.8 Å². The van der Waals surface area contributed by atoms with E-state index in [2.05, 4.69) is 19.2 Å². The first kappa shape index (κ1) is 28.9. The molecule has 1 aromatic heterocycles. The summed E-state index contributed by atoms with van der Waals surface area (Å²) in [7, 11) is 0. The second kappa shape index (κ2) is 11.5. The first-order valence-corrected chi connectivity index (χ1v) is 13.1. The van der Waals surface area contributed by atoms with Crippen molar-refractivity contribution in [2.75, 3.05) is 6.54 Å². The molecule has 4 aromatic rings. The molecule has 0 bridgehead atoms. The summed E-state index contributed by atoms with van der Waals surface area (Å²) in [5.74, 6) is -0.964. The standard InChI is InChI=1S/C31H32F3N3O3/c1-18(2)13-27(21-5-7-22(8-6-21)30(40)35-12-11-29(38)39)37-28-15-20(4)26(16-23(28)17-36-37)25-10-9-24(14-19(25)3)31(32,33)34/h5-10,14-18,27H,11-13H2,1-4H3,(H,35,40)(H,38,39). The number of carbonyl (C=O) groups excluding carboxylic acids is 1. The Bertz CT molecular complexity index is 1540. The maximum atomic E-state index is 13.2. The highest BCUT2D eigenvalue weighted by Gasteiger charge is 2.31. The highest BCUT2D eigenvalue weighted by Crippen LogP contribution is 2.37. The summed E-state index contributed by atoms with van der Waals surface area (Å²) in [5, 5.41) is 17.0. The molecular weight excluding hydrogens is 519 g/mol. The molecule has 1 atom stereocenters. The summed E-state index contributed by atoms with van der Waals surface area (Å²) >= 11 is 0. The summed E-state index contributed by atoms with van der Waals surface area (Å²) in [6.07, 6.45) is -1.97. The van der Waals surface area contributed by atoms with Crippen LogP contribution in [0.5, 0.6) is 0 Å². The number of benzene rings is 3. The predicted octanol–water partition coefficient (Wildman–Crippen LogP) is 7.18. The lowest BCUT2D eigenvalue weighted by Crippen LogP contribution is -2.26. The summed E-state index contributed by atoms with van der Waals surface area (Å²) in [5.41, 5.74) is 4.74. The van der Waals surface area contributed by atoms with E-state index in [0.717, 1.165) is 45.6 Å². The fraction of sp³-hybridized carbons (Fsp3) is 0.323. The van der Waals surface area contributed by atoms with Gasteiger partial charge in [-0.2, -0.15) is 18.3 Å². The van der Waals surface area contributed by atoms with Gasteiger partial charge in [-0.1, -0.05) is 32.0 Å². The van der Waals surface area contributed by atoms with Crippen LogP contribution in [-0.4, -0.2) is 33.3 Å². The quantitative estimate of drug-likeness (QED) is 0.231. The van der Waals surface area contributed by atoms with Crippen molar-refractivity contribution < 1.29 is 27.9 Å². The number of nitrogens with one attached hydrogen (secondary N) is 1. The molecule has 0 aliphatic heterocycles. The number of aliphatic carboxylic acids is 1. The Kier molecular flexibility index (Phi) is 8.32. The number of hydrogen-bond donors (Lipinski definition) is 2. The molecule has 1 unspecified atom stereocenters. The van der Waals surface area contributed by atoms with Crippen LogP contribution in [0.1, 0.15) is 65.3 Å². The first-order valence-electron chi connectivity index (χ1n) is 13.1. The molecule has 0 saturated heterocycles. The molecule has 9 heteroatoms. The van der Waals surface area contributed by atoms with Gasteiger partial charge in [-0.15, -0.1) is 0 Å². The van der Waals surface area contributed by atoms with Crippen LogP contribution < -0.4 is 5.32 Å². The van der Waals surface area contributed by atoms with E-state index in [9.17, 15) is 22.8 Å². The van der Waals surface area contributed by atoms with Crippen LogP contribution in [-0.2, 0) is 11.0 Å². The van der Waals surface area contributed by atoms with Gasteiger partial charge in [0, 0.05) is 17.5 Å². The number of nitrogens with zero attached hydrogens (tertiary/aromatic N) is 2. The highest BCUT2D eigenvalue weighted by molar-refractivity contribution is 5.94. The zero-order valence-electron chi connectivity index (χ0n) is 22.8. The van der Waals surface area contributed by atoms with Crippen molar-refractivity contribution in [1.29, 1.82) is 0 Å². The van der Waals surface area contributed by atoms with E-state index in [4.69, 9.17) is 10.2 Å². The zero-order valence-corrected chi connectivity index (χ0v) is 22.8. The second-order valence-corrected chi connectivity index (χ2v) is 10.5. The van der Waals surface area contributed by atoms with Crippen molar-refractivity contribution in [2.45, 2.75) is 52.8 Å². The number of carbonyl (C=O) groups is 2. The Balaban J connectivity index is 1.67. The van der Waals surface area contributed by atoms with Crippen LogP contribution in [0.25, 0.3) is 22.0 Å². The van der Waals surface area contributed by atoms with Gasteiger partial charge in [-0.25, -0.2) is 0 Å². The molecule has 0 spiro atoms. The van der Waals surface area contributed by atoms with Gasteiger partial charge in [-0.3, -0.25) is 14.3 Å². The third-order valence-corrected chi connectivity index (χ3v) is 6.96. The van der Waals surface area contributed by atoms with Gasteiger partial charge in [0.1, 0.15) is 0 Å². The summed E-state index contributed by atoms with van der Waals surface area (Å²) in [6.45, 7) is 7.93. The number of carboxylic acid groups (broad SMARTS) is 1. The van der Waals surface area contributed by atoms with Gasteiger partial charge < -0.3 is 10.4 Å². The molecule has 210 valence electrons. The van der Waals surface area contributed by atoms with Crippen LogP contribution in [0.4, 0.5) is 13.2 Å². The van der Waals surface area contributed by atoms with Crippen molar-refractivity contribution >= 4 is 22.8 Å². The molecule has 0 fully saturated rings. The van der Waals surface area contributed by atoms with Gasteiger partial charge in [0.05, 0.1) is 29.7 Å². The normalized spacial score (nSPS) is 12.6. The Morgan fingerprint density at radius 3 is 2.25 bits per heavy atom. The number of alkyl halides is 3. The predicted molar refractivity (Wildman–Crippen MR) is 148 cm³/mol. The molecular formula is C31H32F3N3O3. The average Bonchev–Trinajstić information content (AvgIpc) is 3.28. The highest BCUT2D eigenvalue weighted by atomic mass is 19.4. The summed E-state index contributed by atoms with van der Waals surface area (Å²) in [4.78, 5) is 23.1. The third-order valence-electron chi connectivity index (χ3n) is 6.96. The number of halogens is 3. The molecule has 0 saturated carbocycles. The number of aromatic nitrogens is 2. The Labute approximate surface area is 230 Å². The fourth-order valence-corrected chi connectivity index (χ4v) is 4.94. The van der Waals surface area contributed by atoms with Crippen molar-refractivity contribution in [3.05, 3.63) is 88.6 Å². The van der Waals surface area contributed by atoms with E-state index in [1.807, 2.05) is 35.9 Å². The molecule has 0 aliphatic rings. The molecule has 1 amide bonds. The van der Waals surface area contributed by atoms with Gasteiger partial charge in [-0.05, 0) is 90.4 Å². The van der Waals surface area contributed by atoms with E-state index in [1.165, 1.54) is 12.1 Å². The van der Waals surface area contributed by atoms with Crippen LogP contribution in [0.2, 0.25) is 0 Å². The lowest BCUT2D eigenvalue weighted by atomic mass is 9.93. The van der Waals surface area contributed by atoms with Crippen LogP contribution in [0.3, 0.4) is 0 Å². The SMILES string of the molecule is Cc1cc(C(F)(F)F)ccc1-c1cc2cnn(C(CC(C)C)c3ccc(C(=O)NCCC(=O)O)cc3)c2cc1C. The maximum absolute atomic E-state index is 13.2. The minimum absolute atomic E-state index is 0.0541. The number of rotatable bonds is 9. The first-order chi connectivity index (χ1) is 18.8. The lowest BCUT2D eigenvalue weighted by molar-refractivity contribution is -0.138. The topological polar surface area (TPSA) is 84.2 Å².